The molecule has 13 heavy (non-hydrogen) atoms. The first-order valence-electron chi connectivity index (χ1n) is 3.63. The van der Waals surface area contributed by atoms with Crippen molar-refractivity contribution in [2.24, 2.45) is 5.14 Å². The maximum atomic E-state index is 13.0. The summed E-state index contributed by atoms with van der Waals surface area (Å²) < 4.78 is 32.2. The van der Waals surface area contributed by atoms with E-state index in [1.165, 1.54) is 4.68 Å². The molecule has 3 N–H and O–H groups in total. The summed E-state index contributed by atoms with van der Waals surface area (Å²) in [7, 11) is -3.55. The lowest BCUT2D eigenvalue weighted by molar-refractivity contribution is 0.519. The second kappa shape index (κ2) is 3.08. The van der Waals surface area contributed by atoms with Crippen LogP contribution in [0.15, 0.2) is 11.2 Å². The third-order valence-corrected chi connectivity index (χ3v) is 2.32. The van der Waals surface area contributed by atoms with Crippen LogP contribution in [-0.2, 0) is 9.92 Å². The van der Waals surface area contributed by atoms with E-state index in [0.29, 0.717) is 0 Å². The fraction of sp³-hybridized carbons (Fsp3) is 0.500. The number of nitrogens with zero attached hydrogens (tertiary/aromatic N) is 2. The van der Waals surface area contributed by atoms with Gasteiger partial charge >= 0.3 is 0 Å². The average molecular weight is 206 g/mol. The smallest absolute Gasteiger partial charge is 0.207 e. The van der Waals surface area contributed by atoms with Crippen molar-refractivity contribution in [3.8, 4) is 0 Å². The SMILES string of the molecule is CC(C)n1cc(F)c(S(=N)(N)=O)n1. The monoisotopic (exact) mass is 206 g/mol. The molecular formula is C6H11FN4OS. The Kier molecular flexibility index (Phi) is 2.40. The molecule has 0 radical (unpaired) electrons. The standard InChI is InChI=1S/C6H11FN4OS/c1-4(2)11-3-5(7)6(10-11)13(8,9)12/h3-4H,1-2H3,(H3,8,9,12). The lowest BCUT2D eigenvalue weighted by Crippen LogP contribution is -2.13. The van der Waals surface area contributed by atoms with Gasteiger partial charge in [0.15, 0.2) is 15.7 Å². The van der Waals surface area contributed by atoms with Crippen molar-refractivity contribution in [2.45, 2.75) is 24.9 Å². The third-order valence-electron chi connectivity index (χ3n) is 1.47. The molecule has 1 rings (SSSR count). The van der Waals surface area contributed by atoms with Gasteiger partial charge in [-0.1, -0.05) is 0 Å². The highest BCUT2D eigenvalue weighted by molar-refractivity contribution is 7.90. The van der Waals surface area contributed by atoms with Crippen molar-refractivity contribution in [1.29, 1.82) is 4.78 Å². The summed E-state index contributed by atoms with van der Waals surface area (Å²) in [5.74, 6) is -0.795. The fourth-order valence-electron chi connectivity index (χ4n) is 0.823. The lowest BCUT2D eigenvalue weighted by Gasteiger charge is -2.02. The number of hydrogen-bond donors (Lipinski definition) is 2. The number of halogens is 1. The van der Waals surface area contributed by atoms with Gasteiger partial charge in [-0.05, 0) is 13.8 Å². The van der Waals surface area contributed by atoms with E-state index in [1.54, 1.807) is 13.8 Å². The molecule has 0 spiro atoms. The Labute approximate surface area is 75.8 Å². The number of rotatable bonds is 2. The van der Waals surface area contributed by atoms with Crippen molar-refractivity contribution in [3.05, 3.63) is 12.0 Å². The van der Waals surface area contributed by atoms with Gasteiger partial charge in [-0.3, -0.25) is 4.68 Å². The maximum Gasteiger partial charge on any atom is 0.207 e. The summed E-state index contributed by atoms with van der Waals surface area (Å²) in [6.45, 7) is 3.58. The molecule has 5 nitrogen and oxygen atoms in total. The normalized spacial score (nSPS) is 16.1. The summed E-state index contributed by atoms with van der Waals surface area (Å²) in [6, 6.07) is -0.0509. The van der Waals surface area contributed by atoms with Crippen molar-refractivity contribution >= 4 is 9.92 Å². The third kappa shape index (κ3) is 2.04. The molecule has 1 unspecified atom stereocenters. The molecule has 1 aromatic heterocycles. The zero-order chi connectivity index (χ0) is 10.2. The lowest BCUT2D eigenvalue weighted by atomic mass is 10.4. The molecule has 0 aliphatic rings. The molecule has 0 saturated heterocycles. The molecule has 0 saturated carbocycles. The van der Waals surface area contributed by atoms with Crippen LogP contribution in [0.5, 0.6) is 0 Å². The number of nitrogens with one attached hydrogen (secondary N) is 1. The van der Waals surface area contributed by atoms with E-state index in [9.17, 15) is 8.60 Å². The number of aromatic nitrogens is 2. The van der Waals surface area contributed by atoms with Crippen molar-refractivity contribution in [2.75, 3.05) is 0 Å². The van der Waals surface area contributed by atoms with Crippen molar-refractivity contribution < 1.29 is 8.60 Å². The Morgan fingerprint density at radius 2 is 2.31 bits per heavy atom. The molecule has 1 aromatic rings. The number of hydrogen-bond acceptors (Lipinski definition) is 3. The van der Waals surface area contributed by atoms with Crippen LogP contribution in [0.2, 0.25) is 0 Å². The second-order valence-corrected chi connectivity index (χ2v) is 4.54. The van der Waals surface area contributed by atoms with Gasteiger partial charge in [0.1, 0.15) is 0 Å². The molecular weight excluding hydrogens is 195 g/mol. The van der Waals surface area contributed by atoms with E-state index in [1.807, 2.05) is 0 Å². The maximum absolute atomic E-state index is 13.0. The minimum Gasteiger partial charge on any atom is -0.266 e. The average Bonchev–Trinajstić information content (AvgIpc) is 2.29. The molecule has 0 amide bonds. The van der Waals surface area contributed by atoms with Crippen LogP contribution in [-0.4, -0.2) is 14.0 Å². The largest absolute Gasteiger partial charge is 0.266 e. The van der Waals surface area contributed by atoms with Gasteiger partial charge in [-0.15, -0.1) is 0 Å². The molecule has 0 aromatic carbocycles. The first kappa shape index (κ1) is 10.1. The van der Waals surface area contributed by atoms with Gasteiger partial charge in [-0.25, -0.2) is 18.5 Å². The van der Waals surface area contributed by atoms with E-state index < -0.39 is 20.8 Å². The zero-order valence-corrected chi connectivity index (χ0v) is 8.14. The Balaban J connectivity index is 3.27. The van der Waals surface area contributed by atoms with Crippen LogP contribution in [0.25, 0.3) is 0 Å². The van der Waals surface area contributed by atoms with E-state index in [0.717, 1.165) is 6.20 Å². The fourth-order valence-corrected chi connectivity index (χ4v) is 1.38. The summed E-state index contributed by atoms with van der Waals surface area (Å²) >= 11 is 0. The molecule has 74 valence electrons. The van der Waals surface area contributed by atoms with Crippen LogP contribution >= 0.6 is 0 Å². The highest BCUT2D eigenvalue weighted by atomic mass is 32.2. The Morgan fingerprint density at radius 3 is 2.54 bits per heavy atom. The van der Waals surface area contributed by atoms with Crippen LogP contribution in [0.3, 0.4) is 0 Å². The van der Waals surface area contributed by atoms with E-state index in [4.69, 9.17) is 9.92 Å². The van der Waals surface area contributed by atoms with Crippen molar-refractivity contribution in [1.82, 2.24) is 9.78 Å². The molecule has 1 heterocycles. The van der Waals surface area contributed by atoms with Gasteiger partial charge in [0, 0.05) is 6.04 Å². The first-order valence-corrected chi connectivity index (χ1v) is 5.25. The summed E-state index contributed by atoms with van der Waals surface area (Å²) in [5.41, 5.74) is 0. The second-order valence-electron chi connectivity index (χ2n) is 2.96. The molecule has 7 heteroatoms. The minimum atomic E-state index is -3.55. The summed E-state index contributed by atoms with van der Waals surface area (Å²) in [5, 5.41) is 8.10. The minimum absolute atomic E-state index is 0.0509. The zero-order valence-electron chi connectivity index (χ0n) is 7.32. The van der Waals surface area contributed by atoms with Crippen LogP contribution in [0.1, 0.15) is 19.9 Å². The Morgan fingerprint density at radius 1 is 1.77 bits per heavy atom. The van der Waals surface area contributed by atoms with Gasteiger partial charge in [-0.2, -0.15) is 5.10 Å². The van der Waals surface area contributed by atoms with Gasteiger partial charge in [0.2, 0.25) is 5.03 Å². The molecule has 0 aliphatic carbocycles. The van der Waals surface area contributed by atoms with Crippen LogP contribution < -0.4 is 5.14 Å². The van der Waals surface area contributed by atoms with Crippen LogP contribution in [0, 0.1) is 10.6 Å². The van der Waals surface area contributed by atoms with E-state index >= 15 is 0 Å². The molecule has 0 fully saturated rings. The van der Waals surface area contributed by atoms with E-state index in [-0.39, 0.29) is 6.04 Å². The van der Waals surface area contributed by atoms with Crippen molar-refractivity contribution in [3.63, 3.8) is 0 Å². The molecule has 0 aliphatic heterocycles. The molecule has 0 bridgehead atoms. The predicted octanol–water partition coefficient (Wildman–Crippen LogP) is 0.882. The molecule has 1 atom stereocenters. The topological polar surface area (TPSA) is 84.8 Å². The van der Waals surface area contributed by atoms with Crippen LogP contribution in [0.4, 0.5) is 4.39 Å². The quantitative estimate of drug-likeness (QED) is 0.752. The Bertz CT molecular complexity index is 408. The van der Waals surface area contributed by atoms with Gasteiger partial charge in [0.25, 0.3) is 0 Å². The predicted molar refractivity (Wildman–Crippen MR) is 45.9 cm³/mol. The summed E-state index contributed by atoms with van der Waals surface area (Å²) in [4.78, 5) is 0. The highest BCUT2D eigenvalue weighted by Gasteiger charge is 2.17. The Hall–Kier alpha value is -0.950. The van der Waals surface area contributed by atoms with Gasteiger partial charge in [0.05, 0.1) is 6.20 Å². The highest BCUT2D eigenvalue weighted by Crippen LogP contribution is 2.13. The summed E-state index contributed by atoms with van der Waals surface area (Å²) in [6.07, 6.45) is 1.08. The van der Waals surface area contributed by atoms with E-state index in [2.05, 4.69) is 5.10 Å². The number of nitrogens with two attached hydrogens (primary N) is 1. The van der Waals surface area contributed by atoms with Gasteiger partial charge < -0.3 is 0 Å². The first-order chi connectivity index (χ1) is 5.82.